The lowest BCUT2D eigenvalue weighted by Crippen LogP contribution is -2.29. The fourth-order valence-corrected chi connectivity index (χ4v) is 12.5. The summed E-state index contributed by atoms with van der Waals surface area (Å²) in [6, 6.07) is 62.5. The van der Waals surface area contributed by atoms with Gasteiger partial charge in [0.2, 0.25) is 0 Å². The van der Waals surface area contributed by atoms with Crippen LogP contribution < -0.4 is 5.32 Å². The van der Waals surface area contributed by atoms with Crippen molar-refractivity contribution in [3.8, 4) is 16.8 Å². The van der Waals surface area contributed by atoms with Gasteiger partial charge in [-0.25, -0.2) is 0 Å². The van der Waals surface area contributed by atoms with Gasteiger partial charge in [-0.15, -0.1) is 11.3 Å². The van der Waals surface area contributed by atoms with E-state index in [9.17, 15) is 0 Å². The number of aromatic nitrogens is 2. The number of nitrogens with one attached hydrogen (secondary N) is 1. The van der Waals surface area contributed by atoms with Gasteiger partial charge in [-0.3, -0.25) is 9.56 Å². The van der Waals surface area contributed by atoms with Crippen molar-refractivity contribution >= 4 is 109 Å². The molecule has 9 aromatic carbocycles. The first-order valence-corrected chi connectivity index (χ1v) is 23.2. The first-order valence-electron chi connectivity index (χ1n) is 22.4. The molecule has 306 valence electrons. The van der Waals surface area contributed by atoms with Crippen molar-refractivity contribution in [3.63, 3.8) is 0 Å². The Labute approximate surface area is 379 Å². The molecule has 1 aliphatic heterocycles. The minimum Gasteiger partial charge on any atom is -0.345 e. The molecule has 0 spiro atoms. The molecular weight excluding hydrogens is 809 g/mol. The Balaban J connectivity index is 1.11. The van der Waals surface area contributed by atoms with Crippen LogP contribution in [0, 0.1) is 6.92 Å². The van der Waals surface area contributed by atoms with Gasteiger partial charge in [-0.05, 0) is 105 Å². The van der Waals surface area contributed by atoms with Crippen LogP contribution in [0.2, 0.25) is 0 Å². The van der Waals surface area contributed by atoms with Crippen LogP contribution in [0.5, 0.6) is 0 Å². The Morgan fingerprint density at radius 3 is 2.31 bits per heavy atom. The zero-order valence-electron chi connectivity index (χ0n) is 35.6. The topological polar surface area (TPSA) is 34.2 Å². The molecule has 12 aromatic rings. The Morgan fingerprint density at radius 2 is 1.43 bits per heavy atom. The Morgan fingerprint density at radius 1 is 0.646 bits per heavy atom. The molecule has 3 aromatic heterocycles. The van der Waals surface area contributed by atoms with Crippen molar-refractivity contribution in [3.05, 3.63) is 216 Å². The molecule has 1 unspecified atom stereocenters. The maximum absolute atomic E-state index is 5.47. The predicted octanol–water partition coefficient (Wildman–Crippen LogP) is 15.7. The molecule has 0 saturated carbocycles. The summed E-state index contributed by atoms with van der Waals surface area (Å²) in [5, 5.41) is 14.3. The van der Waals surface area contributed by atoms with E-state index >= 15 is 0 Å². The van der Waals surface area contributed by atoms with Crippen LogP contribution in [0.4, 0.5) is 0 Å². The number of nitrogens with zero attached hydrogens (tertiary/aromatic N) is 3. The third kappa shape index (κ3) is 5.16. The summed E-state index contributed by atoms with van der Waals surface area (Å²) < 4.78 is 7.56. The lowest BCUT2D eigenvalue weighted by atomic mass is 9.94. The Hall–Kier alpha value is -7.99. The zero-order chi connectivity index (χ0) is 42.9. The van der Waals surface area contributed by atoms with Crippen molar-refractivity contribution in [2.45, 2.75) is 19.5 Å². The first-order chi connectivity index (χ1) is 32.1. The third-order valence-electron chi connectivity index (χ3n) is 14.0. The second-order valence-electron chi connectivity index (χ2n) is 17.5. The van der Waals surface area contributed by atoms with E-state index in [1.165, 1.54) is 108 Å². The number of para-hydroxylation sites is 1. The summed E-state index contributed by atoms with van der Waals surface area (Å²) >= 11 is 1.89. The molecule has 1 aliphatic carbocycles. The number of hydrogen-bond acceptors (Lipinski definition) is 3. The zero-order valence-corrected chi connectivity index (χ0v) is 36.5. The molecule has 2 aliphatic rings. The normalized spacial score (nSPS) is 15.1. The van der Waals surface area contributed by atoms with Crippen molar-refractivity contribution in [2.75, 3.05) is 0 Å². The van der Waals surface area contributed by atoms with Gasteiger partial charge in [0.25, 0.3) is 0 Å². The standard InChI is InChI=1S/C60H40N4S/c1-3-4-22-43-35(2)52-46-32-38(41-31-40-28-27-36-19-15-25-49-53(36)54(40)50(34-41)63(49)42-20-9-6-10-21-42)29-30-48(46)64(57(52)58-55(43)45-24-13-14-26-51(45)65-58)60-56-44-23-12-11-18-39(44)33-47(56)61-59(62-60)37-16-7-5-8-17-37/h3-32,34,59,62H,1,33H2,2H3/b22-4-. The molecule has 5 heteroatoms. The third-order valence-corrected chi connectivity index (χ3v) is 15.2. The average molecular weight is 849 g/mol. The number of benzene rings is 9. The number of aliphatic imine (C=N–C) groups is 1. The maximum Gasteiger partial charge on any atom is 0.146 e. The molecule has 0 bridgehead atoms. The summed E-state index contributed by atoms with van der Waals surface area (Å²) in [5.41, 5.74) is 16.9. The summed E-state index contributed by atoms with van der Waals surface area (Å²) in [7, 11) is 0. The van der Waals surface area contributed by atoms with Crippen LogP contribution in [0.3, 0.4) is 0 Å². The molecule has 65 heavy (non-hydrogen) atoms. The molecular formula is C60H40N4S. The molecule has 4 nitrogen and oxygen atoms in total. The summed E-state index contributed by atoms with van der Waals surface area (Å²) in [6.45, 7) is 6.42. The lowest BCUT2D eigenvalue weighted by Gasteiger charge is -2.28. The molecule has 1 N–H and O–H groups in total. The van der Waals surface area contributed by atoms with Crippen LogP contribution in [0.15, 0.2) is 194 Å². The molecule has 14 rings (SSSR count). The molecule has 0 fully saturated rings. The number of hydrogen-bond donors (Lipinski definition) is 1. The lowest BCUT2D eigenvalue weighted by molar-refractivity contribution is 0.648. The van der Waals surface area contributed by atoms with Crippen LogP contribution in [0.25, 0.3) is 109 Å². The second kappa shape index (κ2) is 13.8. The molecule has 4 heterocycles. The quantitative estimate of drug-likeness (QED) is 0.131. The maximum atomic E-state index is 5.47. The molecule has 0 amide bonds. The number of rotatable bonds is 6. The van der Waals surface area contributed by atoms with E-state index in [1.54, 1.807) is 0 Å². The number of thiophene rings is 1. The fraction of sp³-hybridized carbons (Fsp3) is 0.0500. The average Bonchev–Trinajstić information content (AvgIpc) is 4.12. The van der Waals surface area contributed by atoms with Crippen LogP contribution in [0.1, 0.15) is 34.0 Å². The summed E-state index contributed by atoms with van der Waals surface area (Å²) in [4.78, 5) is 5.47. The van der Waals surface area contributed by atoms with E-state index in [0.717, 1.165) is 34.7 Å². The number of aryl methyl sites for hydroxylation is 1. The molecule has 1 atom stereocenters. The van der Waals surface area contributed by atoms with E-state index in [0.29, 0.717) is 0 Å². The minimum atomic E-state index is -0.242. The highest BCUT2D eigenvalue weighted by atomic mass is 32.1. The van der Waals surface area contributed by atoms with E-state index < -0.39 is 0 Å². The highest BCUT2D eigenvalue weighted by Gasteiger charge is 2.35. The smallest absolute Gasteiger partial charge is 0.146 e. The van der Waals surface area contributed by atoms with Gasteiger partial charge in [-0.1, -0.05) is 146 Å². The van der Waals surface area contributed by atoms with Gasteiger partial charge in [0.15, 0.2) is 0 Å². The fourth-order valence-electron chi connectivity index (χ4n) is 11.3. The second-order valence-corrected chi connectivity index (χ2v) is 18.6. The van der Waals surface area contributed by atoms with Crippen LogP contribution in [-0.2, 0) is 6.42 Å². The predicted molar refractivity (Wildman–Crippen MR) is 278 cm³/mol. The van der Waals surface area contributed by atoms with Gasteiger partial charge < -0.3 is 9.88 Å². The van der Waals surface area contributed by atoms with E-state index in [-0.39, 0.29) is 6.17 Å². The summed E-state index contributed by atoms with van der Waals surface area (Å²) in [5.74, 6) is 1.08. The number of fused-ring (bicyclic) bond motifs is 10. The first kappa shape index (κ1) is 36.5. The van der Waals surface area contributed by atoms with Gasteiger partial charge >= 0.3 is 0 Å². The minimum absolute atomic E-state index is 0.242. The SMILES string of the molecule is C=C/C=C\c1c(C)c2c3cc(-c4cc5ccc6cccc7c6c5c(c4)n7-c4ccccc4)ccc3n(C3=C4C(=NC(c5ccccc5)N3)Cc3ccccc34)c2c2sc3ccccc3c12. The van der Waals surface area contributed by atoms with Crippen molar-refractivity contribution in [1.82, 2.24) is 14.5 Å². The highest BCUT2D eigenvalue weighted by molar-refractivity contribution is 7.26. The van der Waals surface area contributed by atoms with Crippen LogP contribution in [-0.4, -0.2) is 14.8 Å². The van der Waals surface area contributed by atoms with Crippen LogP contribution >= 0.6 is 11.3 Å². The Bertz CT molecular complexity index is 4080. The highest BCUT2D eigenvalue weighted by Crippen LogP contribution is 2.50. The monoisotopic (exact) mass is 848 g/mol. The van der Waals surface area contributed by atoms with Crippen molar-refractivity contribution in [2.24, 2.45) is 4.99 Å². The van der Waals surface area contributed by atoms with E-state index in [1.807, 2.05) is 17.4 Å². The van der Waals surface area contributed by atoms with Gasteiger partial charge in [-0.2, -0.15) is 0 Å². The van der Waals surface area contributed by atoms with Gasteiger partial charge in [0.1, 0.15) is 12.0 Å². The van der Waals surface area contributed by atoms with E-state index in [2.05, 4.69) is 210 Å². The largest absolute Gasteiger partial charge is 0.345 e. The van der Waals surface area contributed by atoms with Gasteiger partial charge in [0.05, 0.1) is 32.5 Å². The molecule has 0 saturated heterocycles. The Kier molecular flexibility index (Phi) is 7.72. The molecule has 0 radical (unpaired) electrons. The van der Waals surface area contributed by atoms with Crippen molar-refractivity contribution in [1.29, 1.82) is 0 Å². The number of allylic oxidation sites excluding steroid dienone is 3. The van der Waals surface area contributed by atoms with Gasteiger partial charge in [0, 0.05) is 54.7 Å². The van der Waals surface area contributed by atoms with E-state index in [4.69, 9.17) is 4.99 Å². The summed E-state index contributed by atoms with van der Waals surface area (Å²) in [6.07, 6.45) is 6.80. The van der Waals surface area contributed by atoms with Crippen molar-refractivity contribution < 1.29 is 0 Å².